The van der Waals surface area contributed by atoms with Crippen LogP contribution in [-0.4, -0.2) is 28.5 Å². The molecule has 4 aromatic rings. The van der Waals surface area contributed by atoms with E-state index in [9.17, 15) is 8.42 Å². The number of aromatic nitrogens is 4. The normalized spacial score (nSPS) is 11.6. The minimum absolute atomic E-state index is 0.00420. The van der Waals surface area contributed by atoms with Crippen LogP contribution in [0.1, 0.15) is 22.8 Å². The Balaban J connectivity index is 1.87. The van der Waals surface area contributed by atoms with E-state index in [-0.39, 0.29) is 16.6 Å². The number of aryl methyl sites for hydroxylation is 2. The molecule has 0 unspecified atom stereocenters. The molecule has 0 amide bonds. The number of hydrogen-bond acceptors (Lipinski definition) is 8. The molecular formula is C21H20N6O3S. The molecular weight excluding hydrogens is 416 g/mol. The van der Waals surface area contributed by atoms with Crippen LogP contribution in [0.4, 0.5) is 5.82 Å². The van der Waals surface area contributed by atoms with Gasteiger partial charge in [-0.25, -0.2) is 18.5 Å². The van der Waals surface area contributed by atoms with Crippen LogP contribution in [0.5, 0.6) is 0 Å². The lowest BCUT2D eigenvalue weighted by molar-refractivity contribution is 0.425. The van der Waals surface area contributed by atoms with Crippen molar-refractivity contribution in [1.29, 1.82) is 0 Å². The molecule has 0 fully saturated rings. The summed E-state index contributed by atoms with van der Waals surface area (Å²) in [5, 5.41) is 9.16. The Morgan fingerprint density at radius 2 is 1.84 bits per heavy atom. The molecule has 0 aliphatic carbocycles. The number of rotatable bonds is 5. The van der Waals surface area contributed by atoms with Crippen molar-refractivity contribution in [3.05, 3.63) is 71.4 Å². The van der Waals surface area contributed by atoms with Gasteiger partial charge in [-0.1, -0.05) is 17.3 Å². The second kappa shape index (κ2) is 7.89. The van der Waals surface area contributed by atoms with Crippen molar-refractivity contribution in [2.24, 2.45) is 5.14 Å². The largest absolute Gasteiger partial charge is 0.383 e. The summed E-state index contributed by atoms with van der Waals surface area (Å²) in [6.45, 7) is 3.61. The van der Waals surface area contributed by atoms with Gasteiger partial charge in [0.25, 0.3) is 5.89 Å². The van der Waals surface area contributed by atoms with Crippen LogP contribution >= 0.6 is 0 Å². The molecule has 0 aliphatic rings. The Morgan fingerprint density at radius 3 is 2.52 bits per heavy atom. The fourth-order valence-electron chi connectivity index (χ4n) is 3.25. The predicted molar refractivity (Wildman–Crippen MR) is 115 cm³/mol. The highest BCUT2D eigenvalue weighted by molar-refractivity contribution is 7.89. The molecule has 0 aliphatic heterocycles. The molecule has 0 bridgehead atoms. The van der Waals surface area contributed by atoms with Gasteiger partial charge in [0.2, 0.25) is 10.0 Å². The number of hydrogen-bond donors (Lipinski definition) is 2. The van der Waals surface area contributed by atoms with E-state index in [0.29, 0.717) is 28.9 Å². The summed E-state index contributed by atoms with van der Waals surface area (Å²) in [6.07, 6.45) is 2.05. The summed E-state index contributed by atoms with van der Waals surface area (Å²) in [7, 11) is -3.90. The van der Waals surface area contributed by atoms with Crippen LogP contribution in [0.25, 0.3) is 22.6 Å². The number of anilines is 1. The fourth-order valence-corrected chi connectivity index (χ4v) is 3.79. The SMILES string of the molecule is Cc1cccc(Cc2ccc(S(N)(=O)=O)cc2-c2cnc(N)c(-c3nc(C)no3)c2)n1. The minimum Gasteiger partial charge on any atom is -0.383 e. The van der Waals surface area contributed by atoms with E-state index >= 15 is 0 Å². The van der Waals surface area contributed by atoms with Crippen molar-refractivity contribution < 1.29 is 12.9 Å². The summed E-state index contributed by atoms with van der Waals surface area (Å²) in [4.78, 5) is 13.0. The van der Waals surface area contributed by atoms with Crippen LogP contribution in [0.3, 0.4) is 0 Å². The highest BCUT2D eigenvalue weighted by Gasteiger charge is 2.17. The summed E-state index contributed by atoms with van der Waals surface area (Å²) in [5.41, 5.74) is 10.3. The number of nitrogens with zero attached hydrogens (tertiary/aromatic N) is 4. The second-order valence-electron chi connectivity index (χ2n) is 7.11. The number of primary sulfonamides is 1. The van der Waals surface area contributed by atoms with Crippen LogP contribution in [0.15, 0.2) is 58.1 Å². The van der Waals surface area contributed by atoms with Crippen molar-refractivity contribution in [2.75, 3.05) is 5.73 Å². The highest BCUT2D eigenvalue weighted by atomic mass is 32.2. The van der Waals surface area contributed by atoms with E-state index in [2.05, 4.69) is 20.1 Å². The minimum atomic E-state index is -3.90. The molecule has 31 heavy (non-hydrogen) atoms. The lowest BCUT2D eigenvalue weighted by Crippen LogP contribution is -2.12. The van der Waals surface area contributed by atoms with Gasteiger partial charge in [0.15, 0.2) is 5.82 Å². The van der Waals surface area contributed by atoms with Crippen LogP contribution < -0.4 is 10.9 Å². The number of nitrogens with two attached hydrogens (primary N) is 2. The van der Waals surface area contributed by atoms with Gasteiger partial charge in [0.05, 0.1) is 10.5 Å². The maximum absolute atomic E-state index is 12.0. The molecule has 1 aromatic carbocycles. The predicted octanol–water partition coefficient (Wildman–Crippen LogP) is 2.63. The van der Waals surface area contributed by atoms with Crippen LogP contribution in [0, 0.1) is 13.8 Å². The first kappa shape index (κ1) is 20.6. The van der Waals surface area contributed by atoms with Gasteiger partial charge in [-0.15, -0.1) is 0 Å². The molecule has 4 N–H and O–H groups in total. The zero-order valence-electron chi connectivity index (χ0n) is 16.9. The van der Waals surface area contributed by atoms with E-state index in [1.54, 1.807) is 25.3 Å². The zero-order valence-corrected chi connectivity index (χ0v) is 17.7. The van der Waals surface area contributed by atoms with Gasteiger partial charge < -0.3 is 10.3 Å². The Morgan fingerprint density at radius 1 is 1.03 bits per heavy atom. The fraction of sp³-hybridized carbons (Fsp3) is 0.143. The molecule has 3 heterocycles. The number of nitrogen functional groups attached to an aromatic ring is 1. The molecule has 9 nitrogen and oxygen atoms in total. The zero-order chi connectivity index (χ0) is 22.2. The lowest BCUT2D eigenvalue weighted by Gasteiger charge is -2.13. The van der Waals surface area contributed by atoms with Gasteiger partial charge in [-0.3, -0.25) is 4.98 Å². The first-order valence-corrected chi connectivity index (χ1v) is 10.9. The Hall–Kier alpha value is -3.63. The maximum Gasteiger partial charge on any atom is 0.261 e. The molecule has 3 aromatic heterocycles. The van der Waals surface area contributed by atoms with Crippen molar-refractivity contribution >= 4 is 15.8 Å². The Kier molecular flexibility index (Phi) is 5.25. The van der Waals surface area contributed by atoms with Crippen molar-refractivity contribution in [3.63, 3.8) is 0 Å². The molecule has 0 atom stereocenters. The van der Waals surface area contributed by atoms with E-state index < -0.39 is 10.0 Å². The Labute approximate surface area is 179 Å². The highest BCUT2D eigenvalue weighted by Crippen LogP contribution is 2.32. The maximum atomic E-state index is 12.0. The van der Waals surface area contributed by atoms with Gasteiger partial charge in [-0.2, -0.15) is 4.98 Å². The summed E-state index contributed by atoms with van der Waals surface area (Å²) < 4.78 is 29.2. The average Bonchev–Trinajstić information content (AvgIpc) is 3.14. The smallest absolute Gasteiger partial charge is 0.261 e. The number of pyridine rings is 2. The van der Waals surface area contributed by atoms with Gasteiger partial charge in [0.1, 0.15) is 5.82 Å². The lowest BCUT2D eigenvalue weighted by atomic mass is 9.96. The molecule has 10 heteroatoms. The molecule has 4 rings (SSSR count). The molecule has 0 saturated heterocycles. The van der Waals surface area contributed by atoms with E-state index in [0.717, 1.165) is 17.0 Å². The second-order valence-corrected chi connectivity index (χ2v) is 8.68. The third kappa shape index (κ3) is 4.44. The number of benzene rings is 1. The monoisotopic (exact) mass is 436 g/mol. The standard InChI is InChI=1S/C21H20N6O3S/c1-12-4-3-5-16(25-12)8-14-6-7-17(31(23,28)29)10-18(14)15-9-19(20(22)24-11-15)21-26-13(2)27-30-21/h3-7,9-11H,8H2,1-2H3,(H2,22,24)(H2,23,28,29). The molecule has 0 radical (unpaired) electrons. The first-order chi connectivity index (χ1) is 14.7. The van der Waals surface area contributed by atoms with E-state index in [4.69, 9.17) is 15.4 Å². The topological polar surface area (TPSA) is 151 Å². The molecule has 158 valence electrons. The van der Waals surface area contributed by atoms with Crippen LogP contribution in [0.2, 0.25) is 0 Å². The van der Waals surface area contributed by atoms with Crippen molar-refractivity contribution in [3.8, 4) is 22.6 Å². The van der Waals surface area contributed by atoms with E-state index in [1.807, 2.05) is 25.1 Å². The third-order valence-corrected chi connectivity index (χ3v) is 5.63. The summed E-state index contributed by atoms with van der Waals surface area (Å²) in [5.74, 6) is 0.910. The van der Waals surface area contributed by atoms with Crippen LogP contribution in [-0.2, 0) is 16.4 Å². The summed E-state index contributed by atoms with van der Waals surface area (Å²) in [6, 6.07) is 12.2. The van der Waals surface area contributed by atoms with Crippen molar-refractivity contribution in [2.45, 2.75) is 25.2 Å². The molecule has 0 saturated carbocycles. The molecule has 0 spiro atoms. The number of sulfonamides is 1. The van der Waals surface area contributed by atoms with Gasteiger partial charge >= 0.3 is 0 Å². The summed E-state index contributed by atoms with van der Waals surface area (Å²) >= 11 is 0. The average molecular weight is 436 g/mol. The Bertz CT molecular complexity index is 1380. The third-order valence-electron chi connectivity index (χ3n) is 4.71. The van der Waals surface area contributed by atoms with E-state index in [1.165, 1.54) is 12.1 Å². The van der Waals surface area contributed by atoms with Crippen molar-refractivity contribution in [1.82, 2.24) is 20.1 Å². The first-order valence-electron chi connectivity index (χ1n) is 9.35. The van der Waals surface area contributed by atoms with Gasteiger partial charge in [-0.05, 0) is 55.3 Å². The quantitative estimate of drug-likeness (QED) is 0.484. The van der Waals surface area contributed by atoms with Gasteiger partial charge in [0, 0.05) is 29.6 Å².